The van der Waals surface area contributed by atoms with Crippen molar-refractivity contribution in [3.8, 4) is 23.1 Å². The van der Waals surface area contributed by atoms with Crippen LogP contribution in [0.5, 0.6) is 5.75 Å². The number of anilines is 1. The van der Waals surface area contributed by atoms with Crippen LogP contribution in [0.2, 0.25) is 0 Å². The van der Waals surface area contributed by atoms with Gasteiger partial charge in [0.2, 0.25) is 0 Å². The number of nitrogens with zero attached hydrogens (tertiary/aromatic N) is 5. The predicted molar refractivity (Wildman–Crippen MR) is 147 cm³/mol. The van der Waals surface area contributed by atoms with Crippen LogP contribution in [0.1, 0.15) is 57.1 Å². The van der Waals surface area contributed by atoms with Gasteiger partial charge in [-0.15, -0.1) is 0 Å². The number of aromatic nitrogens is 4. The Morgan fingerprint density at radius 2 is 2.00 bits per heavy atom. The lowest BCUT2D eigenvalue weighted by Gasteiger charge is -2.30. The molecule has 1 N–H and O–H groups in total. The van der Waals surface area contributed by atoms with E-state index in [4.69, 9.17) is 9.47 Å². The Morgan fingerprint density at radius 1 is 1.18 bits per heavy atom. The summed E-state index contributed by atoms with van der Waals surface area (Å²) in [5.74, 6) is 1.27. The third-order valence-electron chi connectivity index (χ3n) is 7.78. The lowest BCUT2D eigenvalue weighted by atomic mass is 9.92. The average Bonchev–Trinajstić information content (AvgIpc) is 3.55. The second-order valence-electron chi connectivity index (χ2n) is 10.5. The van der Waals surface area contributed by atoms with Crippen molar-refractivity contribution in [2.45, 2.75) is 64.1 Å². The molecule has 6 rings (SSSR count). The number of rotatable bonds is 10. The van der Waals surface area contributed by atoms with Crippen molar-refractivity contribution >= 4 is 22.7 Å². The van der Waals surface area contributed by atoms with Crippen LogP contribution in [-0.2, 0) is 11.3 Å². The molecule has 4 aromatic rings. The van der Waals surface area contributed by atoms with Gasteiger partial charge in [0.1, 0.15) is 30.6 Å². The van der Waals surface area contributed by atoms with Gasteiger partial charge in [0, 0.05) is 36.1 Å². The molecular formula is C30H32N6O3. The summed E-state index contributed by atoms with van der Waals surface area (Å²) in [6.07, 6.45) is 9.12. The van der Waals surface area contributed by atoms with Gasteiger partial charge in [0.15, 0.2) is 0 Å². The molecule has 0 saturated heterocycles. The van der Waals surface area contributed by atoms with Crippen molar-refractivity contribution in [3.05, 3.63) is 60.7 Å². The summed E-state index contributed by atoms with van der Waals surface area (Å²) in [4.78, 5) is 16.3. The first-order valence-corrected chi connectivity index (χ1v) is 13.7. The summed E-state index contributed by atoms with van der Waals surface area (Å²) >= 11 is 0. The van der Waals surface area contributed by atoms with E-state index in [1.807, 2.05) is 43.3 Å². The Hall–Kier alpha value is -4.32. The van der Waals surface area contributed by atoms with Gasteiger partial charge >= 0.3 is 6.09 Å². The van der Waals surface area contributed by atoms with Crippen molar-refractivity contribution in [1.82, 2.24) is 19.3 Å². The highest BCUT2D eigenvalue weighted by Crippen LogP contribution is 2.43. The number of carbonyl (C=O) groups is 1. The summed E-state index contributed by atoms with van der Waals surface area (Å²) in [6.45, 7) is 3.24. The molecule has 0 aliphatic heterocycles. The highest BCUT2D eigenvalue weighted by Gasteiger charge is 2.31. The molecule has 2 aromatic carbocycles. The molecular weight excluding hydrogens is 492 g/mol. The second-order valence-corrected chi connectivity index (χ2v) is 10.5. The van der Waals surface area contributed by atoms with E-state index in [2.05, 4.69) is 32.1 Å². The maximum atomic E-state index is 12.3. The first-order valence-electron chi connectivity index (χ1n) is 13.7. The predicted octanol–water partition coefficient (Wildman–Crippen LogP) is 6.31. The minimum Gasteiger partial charge on any atom is -0.493 e. The minimum atomic E-state index is -0.433. The number of benzene rings is 2. The van der Waals surface area contributed by atoms with E-state index in [0.717, 1.165) is 66.6 Å². The molecule has 2 aromatic heterocycles. The fourth-order valence-corrected chi connectivity index (χ4v) is 5.26. The summed E-state index contributed by atoms with van der Waals surface area (Å²) in [5.41, 5.74) is 4.19. The van der Waals surface area contributed by atoms with E-state index in [0.29, 0.717) is 29.8 Å². The Morgan fingerprint density at radius 3 is 2.67 bits per heavy atom. The van der Waals surface area contributed by atoms with Crippen molar-refractivity contribution in [1.29, 1.82) is 5.26 Å². The van der Waals surface area contributed by atoms with Crippen LogP contribution in [-0.4, -0.2) is 38.1 Å². The van der Waals surface area contributed by atoms with E-state index >= 15 is 0 Å². The van der Waals surface area contributed by atoms with E-state index in [9.17, 15) is 10.1 Å². The molecule has 9 nitrogen and oxygen atoms in total. The van der Waals surface area contributed by atoms with Gasteiger partial charge < -0.3 is 14.0 Å². The zero-order chi connectivity index (χ0) is 26.8. The molecule has 0 radical (unpaired) electrons. The molecule has 0 unspecified atom stereocenters. The number of fused-ring (bicyclic) bond motifs is 1. The average molecular weight is 525 g/mol. The lowest BCUT2D eigenvalue weighted by molar-refractivity contribution is 0.108. The number of hydrogen-bond acceptors (Lipinski definition) is 6. The van der Waals surface area contributed by atoms with Gasteiger partial charge in [-0.1, -0.05) is 12.1 Å². The van der Waals surface area contributed by atoms with Crippen molar-refractivity contribution < 1.29 is 14.3 Å². The van der Waals surface area contributed by atoms with Gasteiger partial charge in [-0.05, 0) is 74.8 Å². The number of nitrogens with one attached hydrogen (secondary N) is 1. The maximum Gasteiger partial charge on any atom is 0.411 e. The van der Waals surface area contributed by atoms with Crippen LogP contribution in [0.25, 0.3) is 22.2 Å². The molecule has 2 heterocycles. The molecule has 39 heavy (non-hydrogen) atoms. The molecule has 2 aliphatic rings. The lowest BCUT2D eigenvalue weighted by Crippen LogP contribution is -2.21. The van der Waals surface area contributed by atoms with Crippen molar-refractivity contribution in [2.24, 2.45) is 5.92 Å². The Bertz CT molecular complexity index is 1490. The molecule has 2 fully saturated rings. The molecule has 2 saturated carbocycles. The highest BCUT2D eigenvalue weighted by molar-refractivity contribution is 5.96. The smallest absolute Gasteiger partial charge is 0.411 e. The van der Waals surface area contributed by atoms with Gasteiger partial charge in [0.05, 0.1) is 23.4 Å². The molecule has 1 atom stereocenters. The number of amides is 1. The standard InChI is InChI=1S/C30H32N6O3/c1-20(21-6-7-21)39-30(37)34-23-10-8-22(9-11-23)29-27(17-31)26-13-12-25(16-28(26)36(29)24-4-2-5-24)38-15-3-14-35-19-32-18-33-35/h8-13,16,18-21,24H,2-7,14-15H2,1H3,(H,34,37)/t20-/m1/s1. The van der Waals surface area contributed by atoms with E-state index in [1.165, 1.54) is 12.7 Å². The van der Waals surface area contributed by atoms with Crippen LogP contribution in [0.3, 0.4) is 0 Å². The van der Waals surface area contributed by atoms with Crippen LogP contribution < -0.4 is 10.1 Å². The molecule has 0 bridgehead atoms. The summed E-state index contributed by atoms with van der Waals surface area (Å²) in [7, 11) is 0. The normalized spacial score (nSPS) is 15.9. The SMILES string of the molecule is C[C@@H](OC(=O)Nc1ccc(-c2c(C#N)c3ccc(OCCCn4cncn4)cc3n2C2CCC2)cc1)C1CC1. The van der Waals surface area contributed by atoms with E-state index < -0.39 is 6.09 Å². The van der Waals surface area contributed by atoms with Gasteiger partial charge in [-0.25, -0.2) is 9.78 Å². The van der Waals surface area contributed by atoms with Gasteiger partial charge in [0.25, 0.3) is 0 Å². The summed E-state index contributed by atoms with van der Waals surface area (Å²) < 4.78 is 15.7. The number of nitriles is 1. The third-order valence-corrected chi connectivity index (χ3v) is 7.78. The minimum absolute atomic E-state index is 0.0665. The molecule has 1 amide bonds. The maximum absolute atomic E-state index is 12.3. The van der Waals surface area contributed by atoms with Gasteiger partial charge in [-0.3, -0.25) is 10.00 Å². The van der Waals surface area contributed by atoms with E-state index in [-0.39, 0.29) is 6.10 Å². The zero-order valence-corrected chi connectivity index (χ0v) is 22.0. The zero-order valence-electron chi connectivity index (χ0n) is 22.0. The van der Waals surface area contributed by atoms with Crippen LogP contribution in [0, 0.1) is 17.2 Å². The van der Waals surface area contributed by atoms with E-state index in [1.54, 1.807) is 11.0 Å². The number of hydrogen-bond donors (Lipinski definition) is 1. The Labute approximate surface area is 227 Å². The second kappa shape index (κ2) is 10.8. The summed E-state index contributed by atoms with van der Waals surface area (Å²) in [5, 5.41) is 18.1. The van der Waals surface area contributed by atoms with Crippen LogP contribution in [0.15, 0.2) is 55.1 Å². The first kappa shape index (κ1) is 25.0. The largest absolute Gasteiger partial charge is 0.493 e. The van der Waals surface area contributed by atoms with Crippen LogP contribution >= 0.6 is 0 Å². The fourth-order valence-electron chi connectivity index (χ4n) is 5.26. The monoisotopic (exact) mass is 524 g/mol. The van der Waals surface area contributed by atoms with Crippen molar-refractivity contribution in [3.63, 3.8) is 0 Å². The first-order chi connectivity index (χ1) is 19.1. The van der Waals surface area contributed by atoms with Crippen LogP contribution in [0.4, 0.5) is 10.5 Å². The summed E-state index contributed by atoms with van der Waals surface area (Å²) in [6, 6.07) is 16.5. The Kier molecular flexibility index (Phi) is 6.93. The molecule has 9 heteroatoms. The number of ether oxygens (including phenoxy) is 2. The topological polar surface area (TPSA) is 107 Å². The van der Waals surface area contributed by atoms with Crippen molar-refractivity contribution in [2.75, 3.05) is 11.9 Å². The Balaban J connectivity index is 1.24. The number of aryl methyl sites for hydroxylation is 1. The number of carbonyl (C=O) groups excluding carboxylic acids is 1. The molecule has 2 aliphatic carbocycles. The fraction of sp³-hybridized carbons (Fsp3) is 0.400. The third kappa shape index (κ3) is 5.32. The highest BCUT2D eigenvalue weighted by atomic mass is 16.6. The quantitative estimate of drug-likeness (QED) is 0.244. The molecule has 200 valence electrons. The van der Waals surface area contributed by atoms with Gasteiger partial charge in [-0.2, -0.15) is 10.4 Å². The molecule has 0 spiro atoms.